The molecule has 0 aliphatic carbocycles. The molecule has 0 aliphatic rings. The van der Waals surface area contributed by atoms with Crippen molar-refractivity contribution in [2.24, 2.45) is 0 Å². The van der Waals surface area contributed by atoms with Crippen LogP contribution in [0.4, 0.5) is 5.69 Å². The molecule has 0 aromatic heterocycles. The van der Waals surface area contributed by atoms with Crippen LogP contribution in [0, 0.1) is 6.92 Å². The van der Waals surface area contributed by atoms with Crippen LogP contribution in [0.5, 0.6) is 5.75 Å². The van der Waals surface area contributed by atoms with Gasteiger partial charge in [0.05, 0.1) is 18.4 Å². The number of methoxy groups -OCH3 is 1. The predicted molar refractivity (Wildman–Crippen MR) is 108 cm³/mol. The zero-order valence-electron chi connectivity index (χ0n) is 14.7. The minimum absolute atomic E-state index is 0.369. The Balaban J connectivity index is 1.69. The molecule has 0 heterocycles. The highest BCUT2D eigenvalue weighted by Crippen LogP contribution is 2.29. The van der Waals surface area contributed by atoms with Crippen LogP contribution < -0.4 is 10.1 Å². The third-order valence-electron chi connectivity index (χ3n) is 4.05. The van der Waals surface area contributed by atoms with Gasteiger partial charge in [-0.05, 0) is 52.0 Å². The Hall–Kier alpha value is -2.53. The number of hydrogen-bond acceptors (Lipinski definition) is 4. The van der Waals surface area contributed by atoms with Gasteiger partial charge < -0.3 is 14.8 Å². The topological polar surface area (TPSA) is 47.6 Å². The van der Waals surface area contributed by atoms with Gasteiger partial charge in [-0.1, -0.05) is 36.4 Å². The number of nitrogens with one attached hydrogen (secondary N) is 1. The fourth-order valence-corrected chi connectivity index (χ4v) is 3.57. The number of anilines is 1. The van der Waals surface area contributed by atoms with E-state index >= 15 is 0 Å². The zero-order valence-corrected chi connectivity index (χ0v) is 16.3. The highest BCUT2D eigenvalue weighted by Gasteiger charge is 2.15. The summed E-state index contributed by atoms with van der Waals surface area (Å²) in [6, 6.07) is 17.9. The number of aryl methyl sites for hydroxylation is 1. The fourth-order valence-electron chi connectivity index (χ4n) is 2.85. The Morgan fingerprint density at radius 1 is 1.12 bits per heavy atom. The van der Waals surface area contributed by atoms with Crippen molar-refractivity contribution in [3.05, 3.63) is 70.2 Å². The molecule has 3 aromatic carbocycles. The van der Waals surface area contributed by atoms with Gasteiger partial charge in [0, 0.05) is 16.4 Å². The average Bonchev–Trinajstić information content (AvgIpc) is 2.65. The molecule has 0 atom stereocenters. The number of fused-ring (bicyclic) bond motifs is 1. The highest BCUT2D eigenvalue weighted by atomic mass is 79.9. The molecule has 3 rings (SSSR count). The van der Waals surface area contributed by atoms with E-state index in [2.05, 4.69) is 33.4 Å². The molecule has 0 saturated carbocycles. The molecule has 0 radical (unpaired) electrons. The Morgan fingerprint density at radius 3 is 2.69 bits per heavy atom. The first kappa shape index (κ1) is 18.3. The zero-order chi connectivity index (χ0) is 18.5. The molecule has 0 spiro atoms. The molecule has 3 aromatic rings. The number of rotatable bonds is 6. The van der Waals surface area contributed by atoms with E-state index in [1.54, 1.807) is 0 Å². The second-order valence-electron chi connectivity index (χ2n) is 5.91. The minimum Gasteiger partial charge on any atom is -0.491 e. The van der Waals surface area contributed by atoms with Crippen LogP contribution in [0.1, 0.15) is 15.9 Å². The third kappa shape index (κ3) is 3.99. The number of halogens is 1. The maximum atomic E-state index is 12.0. The Morgan fingerprint density at radius 2 is 1.88 bits per heavy atom. The molecule has 0 aliphatic heterocycles. The first-order valence-electron chi connectivity index (χ1n) is 8.33. The normalized spacial score (nSPS) is 10.6. The molecular formula is C21H20BrNO3. The van der Waals surface area contributed by atoms with Crippen LogP contribution in [-0.4, -0.2) is 26.2 Å². The SMILES string of the molecule is COC(=O)c1cc(C)cc(Br)c1NCCOc1cccc2ccccc12. The highest BCUT2D eigenvalue weighted by molar-refractivity contribution is 9.10. The van der Waals surface area contributed by atoms with E-state index in [4.69, 9.17) is 9.47 Å². The number of benzene rings is 3. The van der Waals surface area contributed by atoms with Gasteiger partial charge in [-0.15, -0.1) is 0 Å². The molecule has 0 bridgehead atoms. The van der Waals surface area contributed by atoms with Crippen LogP contribution in [0.15, 0.2) is 59.1 Å². The summed E-state index contributed by atoms with van der Waals surface area (Å²) >= 11 is 3.51. The lowest BCUT2D eigenvalue weighted by Crippen LogP contribution is -2.15. The van der Waals surface area contributed by atoms with Gasteiger partial charge in [-0.2, -0.15) is 0 Å². The molecule has 0 amide bonds. The van der Waals surface area contributed by atoms with Crippen LogP contribution in [0.25, 0.3) is 10.8 Å². The lowest BCUT2D eigenvalue weighted by molar-refractivity contribution is 0.0601. The first-order chi connectivity index (χ1) is 12.6. The van der Waals surface area contributed by atoms with Gasteiger partial charge in [0.25, 0.3) is 0 Å². The minimum atomic E-state index is -0.369. The molecule has 4 nitrogen and oxygen atoms in total. The molecule has 134 valence electrons. The summed E-state index contributed by atoms with van der Waals surface area (Å²) < 4.78 is 11.6. The Kier molecular flexibility index (Phi) is 5.78. The van der Waals surface area contributed by atoms with Crippen LogP contribution in [0.3, 0.4) is 0 Å². The van der Waals surface area contributed by atoms with E-state index in [0.717, 1.165) is 26.6 Å². The molecule has 0 fully saturated rings. The van der Waals surface area contributed by atoms with Crippen molar-refractivity contribution in [3.8, 4) is 5.75 Å². The lowest BCUT2D eigenvalue weighted by atomic mass is 10.1. The van der Waals surface area contributed by atoms with Crippen molar-refractivity contribution in [2.75, 3.05) is 25.6 Å². The molecule has 26 heavy (non-hydrogen) atoms. The largest absolute Gasteiger partial charge is 0.491 e. The van der Waals surface area contributed by atoms with Gasteiger partial charge in [0.1, 0.15) is 12.4 Å². The standard InChI is InChI=1S/C21H20BrNO3/c1-14-12-17(21(24)25-2)20(18(22)13-14)23-10-11-26-19-9-5-7-15-6-3-4-8-16(15)19/h3-9,12-13,23H,10-11H2,1-2H3. The van der Waals surface area contributed by atoms with Crippen LogP contribution in [-0.2, 0) is 4.74 Å². The maximum absolute atomic E-state index is 12.0. The van der Waals surface area contributed by atoms with Gasteiger partial charge in [-0.25, -0.2) is 4.79 Å². The average molecular weight is 414 g/mol. The molecule has 1 N–H and O–H groups in total. The van der Waals surface area contributed by atoms with E-state index in [1.807, 2.05) is 49.4 Å². The molecular weight excluding hydrogens is 394 g/mol. The molecule has 0 saturated heterocycles. The Labute approximate surface area is 161 Å². The lowest BCUT2D eigenvalue weighted by Gasteiger charge is -2.15. The quantitative estimate of drug-likeness (QED) is 0.446. The summed E-state index contributed by atoms with van der Waals surface area (Å²) in [5.41, 5.74) is 2.20. The summed E-state index contributed by atoms with van der Waals surface area (Å²) in [5.74, 6) is 0.480. The first-order valence-corrected chi connectivity index (χ1v) is 9.12. The van der Waals surface area contributed by atoms with E-state index in [0.29, 0.717) is 24.4 Å². The van der Waals surface area contributed by atoms with E-state index in [1.165, 1.54) is 7.11 Å². The number of esters is 1. The van der Waals surface area contributed by atoms with Crippen LogP contribution in [0.2, 0.25) is 0 Å². The number of hydrogen-bond donors (Lipinski definition) is 1. The van der Waals surface area contributed by atoms with Gasteiger partial charge in [0.15, 0.2) is 0 Å². The Bertz CT molecular complexity index is 934. The van der Waals surface area contributed by atoms with E-state index in [9.17, 15) is 4.79 Å². The van der Waals surface area contributed by atoms with E-state index in [-0.39, 0.29) is 5.97 Å². The summed E-state index contributed by atoms with van der Waals surface area (Å²) in [4.78, 5) is 12.0. The predicted octanol–water partition coefficient (Wildman–Crippen LogP) is 5.19. The molecule has 0 unspecified atom stereocenters. The summed E-state index contributed by atoms with van der Waals surface area (Å²) in [7, 11) is 1.38. The van der Waals surface area contributed by atoms with Crippen molar-refractivity contribution in [3.63, 3.8) is 0 Å². The van der Waals surface area contributed by atoms with Crippen molar-refractivity contribution >= 4 is 38.4 Å². The van der Waals surface area contributed by atoms with E-state index < -0.39 is 0 Å². The van der Waals surface area contributed by atoms with Gasteiger partial charge in [-0.3, -0.25) is 0 Å². The maximum Gasteiger partial charge on any atom is 0.340 e. The van der Waals surface area contributed by atoms with Gasteiger partial charge in [0.2, 0.25) is 0 Å². The number of carbonyl (C=O) groups excluding carboxylic acids is 1. The van der Waals surface area contributed by atoms with Crippen molar-refractivity contribution < 1.29 is 14.3 Å². The van der Waals surface area contributed by atoms with Gasteiger partial charge >= 0.3 is 5.97 Å². The smallest absolute Gasteiger partial charge is 0.340 e. The third-order valence-corrected chi connectivity index (χ3v) is 4.68. The molecule has 5 heteroatoms. The summed E-state index contributed by atoms with van der Waals surface area (Å²) in [6.07, 6.45) is 0. The number of carbonyl (C=O) groups is 1. The second kappa shape index (κ2) is 8.23. The van der Waals surface area contributed by atoms with Crippen LogP contribution >= 0.6 is 15.9 Å². The fraction of sp³-hybridized carbons (Fsp3) is 0.190. The van der Waals surface area contributed by atoms with Crippen molar-refractivity contribution in [2.45, 2.75) is 6.92 Å². The number of ether oxygens (including phenoxy) is 2. The summed E-state index contributed by atoms with van der Waals surface area (Å²) in [5, 5.41) is 5.50. The summed E-state index contributed by atoms with van der Waals surface area (Å²) in [6.45, 7) is 2.95. The monoisotopic (exact) mass is 413 g/mol. The van der Waals surface area contributed by atoms with Crippen molar-refractivity contribution in [1.29, 1.82) is 0 Å². The second-order valence-corrected chi connectivity index (χ2v) is 6.77. The van der Waals surface area contributed by atoms with Crippen molar-refractivity contribution in [1.82, 2.24) is 0 Å².